The number of aromatic hydroxyl groups is 1. The van der Waals surface area contributed by atoms with E-state index in [1.165, 1.54) is 0 Å². The van der Waals surface area contributed by atoms with Crippen LogP contribution in [0.2, 0.25) is 0 Å². The number of hydrogen-bond donors (Lipinski definition) is 1. The third-order valence-electron chi connectivity index (χ3n) is 3.56. The summed E-state index contributed by atoms with van der Waals surface area (Å²) in [6.45, 7) is 4.18. The Kier molecular flexibility index (Phi) is 3.57. The smallest absolute Gasteiger partial charge is 0.115 e. The summed E-state index contributed by atoms with van der Waals surface area (Å²) in [7, 11) is 0. The fourth-order valence-corrected chi connectivity index (χ4v) is 2.32. The van der Waals surface area contributed by atoms with Gasteiger partial charge >= 0.3 is 0 Å². The van der Waals surface area contributed by atoms with Gasteiger partial charge in [-0.2, -0.15) is 0 Å². The third-order valence-corrected chi connectivity index (χ3v) is 3.56. The number of rotatable bonds is 3. The van der Waals surface area contributed by atoms with E-state index in [0.717, 1.165) is 27.8 Å². The molecule has 0 heterocycles. The summed E-state index contributed by atoms with van der Waals surface area (Å²) in [5.74, 6) is 0.285. The molecule has 0 atom stereocenters. The lowest BCUT2D eigenvalue weighted by Gasteiger charge is -2.08. The van der Waals surface area contributed by atoms with E-state index >= 15 is 0 Å². The van der Waals surface area contributed by atoms with Crippen LogP contribution >= 0.6 is 0 Å². The molecule has 0 aliphatic rings. The van der Waals surface area contributed by atoms with Crippen molar-refractivity contribution in [3.8, 4) is 16.9 Å². The van der Waals surface area contributed by atoms with Gasteiger partial charge in [-0.05, 0) is 40.0 Å². The van der Waals surface area contributed by atoms with Crippen molar-refractivity contribution < 1.29 is 5.11 Å². The molecule has 0 aliphatic carbocycles. The SMILES string of the molecule is C=C(c1ccccc1)c1ccc(-c2ccc(O)cc2)cc1. The van der Waals surface area contributed by atoms with E-state index in [1.807, 2.05) is 30.3 Å². The van der Waals surface area contributed by atoms with Crippen LogP contribution in [0.15, 0.2) is 85.4 Å². The minimum absolute atomic E-state index is 0.285. The quantitative estimate of drug-likeness (QED) is 0.701. The van der Waals surface area contributed by atoms with Gasteiger partial charge in [0.1, 0.15) is 5.75 Å². The molecule has 0 radical (unpaired) electrons. The van der Waals surface area contributed by atoms with E-state index in [9.17, 15) is 5.11 Å². The Morgan fingerprint density at radius 1 is 0.619 bits per heavy atom. The predicted octanol–water partition coefficient (Wildman–Crippen LogP) is 5.12. The van der Waals surface area contributed by atoms with Crippen molar-refractivity contribution in [1.82, 2.24) is 0 Å². The maximum absolute atomic E-state index is 9.33. The maximum atomic E-state index is 9.33. The third kappa shape index (κ3) is 2.87. The molecule has 1 heteroatoms. The molecule has 3 aromatic rings. The van der Waals surface area contributed by atoms with E-state index in [0.29, 0.717) is 0 Å². The Morgan fingerprint density at radius 2 is 1.10 bits per heavy atom. The van der Waals surface area contributed by atoms with E-state index < -0.39 is 0 Å². The van der Waals surface area contributed by atoms with Crippen molar-refractivity contribution in [2.45, 2.75) is 0 Å². The molecular formula is C20H16O. The Bertz CT molecular complexity index is 738. The van der Waals surface area contributed by atoms with E-state index in [2.05, 4.69) is 43.0 Å². The molecule has 1 N–H and O–H groups in total. The van der Waals surface area contributed by atoms with E-state index in [1.54, 1.807) is 12.1 Å². The average molecular weight is 272 g/mol. The first-order chi connectivity index (χ1) is 10.2. The van der Waals surface area contributed by atoms with Crippen LogP contribution in [-0.2, 0) is 0 Å². The van der Waals surface area contributed by atoms with Crippen LogP contribution in [0.25, 0.3) is 16.7 Å². The zero-order chi connectivity index (χ0) is 14.7. The molecule has 0 amide bonds. The van der Waals surface area contributed by atoms with Crippen LogP contribution in [-0.4, -0.2) is 5.11 Å². The van der Waals surface area contributed by atoms with Crippen molar-refractivity contribution in [3.05, 3.63) is 96.6 Å². The first-order valence-electron chi connectivity index (χ1n) is 6.88. The molecule has 21 heavy (non-hydrogen) atoms. The monoisotopic (exact) mass is 272 g/mol. The van der Waals surface area contributed by atoms with Crippen LogP contribution in [0, 0.1) is 0 Å². The molecule has 0 saturated carbocycles. The second kappa shape index (κ2) is 5.68. The van der Waals surface area contributed by atoms with Gasteiger partial charge in [-0.3, -0.25) is 0 Å². The Morgan fingerprint density at radius 3 is 1.67 bits per heavy atom. The number of hydrogen-bond acceptors (Lipinski definition) is 1. The summed E-state index contributed by atoms with van der Waals surface area (Å²) >= 11 is 0. The van der Waals surface area contributed by atoms with Crippen molar-refractivity contribution in [3.63, 3.8) is 0 Å². The molecule has 1 nitrogen and oxygen atoms in total. The zero-order valence-electron chi connectivity index (χ0n) is 11.7. The molecule has 102 valence electrons. The van der Waals surface area contributed by atoms with Gasteiger partial charge in [-0.1, -0.05) is 73.3 Å². The van der Waals surface area contributed by atoms with E-state index in [-0.39, 0.29) is 5.75 Å². The Balaban J connectivity index is 1.87. The molecule has 0 unspecified atom stereocenters. The first-order valence-corrected chi connectivity index (χ1v) is 6.88. The summed E-state index contributed by atoms with van der Waals surface area (Å²) in [6, 6.07) is 25.7. The lowest BCUT2D eigenvalue weighted by Crippen LogP contribution is -1.86. The number of benzene rings is 3. The highest BCUT2D eigenvalue weighted by Gasteiger charge is 2.03. The Hall–Kier alpha value is -2.80. The normalized spacial score (nSPS) is 10.3. The minimum atomic E-state index is 0.285. The van der Waals surface area contributed by atoms with Gasteiger partial charge < -0.3 is 5.11 Å². The largest absolute Gasteiger partial charge is 0.508 e. The minimum Gasteiger partial charge on any atom is -0.508 e. The predicted molar refractivity (Wildman–Crippen MR) is 88.1 cm³/mol. The molecule has 0 bridgehead atoms. The first kappa shape index (κ1) is 13.2. The summed E-state index contributed by atoms with van der Waals surface area (Å²) in [5, 5.41) is 9.33. The van der Waals surface area contributed by atoms with E-state index in [4.69, 9.17) is 0 Å². The average Bonchev–Trinajstić information content (AvgIpc) is 2.56. The highest BCUT2D eigenvalue weighted by molar-refractivity contribution is 5.79. The number of phenolic OH excluding ortho intramolecular Hbond substituents is 1. The fourth-order valence-electron chi connectivity index (χ4n) is 2.32. The van der Waals surface area contributed by atoms with Crippen LogP contribution in [0.4, 0.5) is 0 Å². The summed E-state index contributed by atoms with van der Waals surface area (Å²) < 4.78 is 0. The van der Waals surface area contributed by atoms with Crippen LogP contribution in [0.5, 0.6) is 5.75 Å². The van der Waals surface area contributed by atoms with Gasteiger partial charge in [0.05, 0.1) is 0 Å². The van der Waals surface area contributed by atoms with Gasteiger partial charge in [0.2, 0.25) is 0 Å². The number of phenols is 1. The van der Waals surface area contributed by atoms with Gasteiger partial charge in [-0.25, -0.2) is 0 Å². The summed E-state index contributed by atoms with van der Waals surface area (Å²) in [5.41, 5.74) is 5.48. The lowest BCUT2D eigenvalue weighted by molar-refractivity contribution is 0.475. The second-order valence-corrected chi connectivity index (χ2v) is 4.97. The van der Waals surface area contributed by atoms with Gasteiger partial charge in [0.25, 0.3) is 0 Å². The van der Waals surface area contributed by atoms with Crippen LogP contribution in [0.3, 0.4) is 0 Å². The maximum Gasteiger partial charge on any atom is 0.115 e. The zero-order valence-corrected chi connectivity index (χ0v) is 11.7. The Labute approximate surface area is 124 Å². The van der Waals surface area contributed by atoms with Crippen molar-refractivity contribution >= 4 is 5.57 Å². The molecule has 0 spiro atoms. The van der Waals surface area contributed by atoms with Crippen molar-refractivity contribution in [2.75, 3.05) is 0 Å². The molecule has 3 rings (SSSR count). The second-order valence-electron chi connectivity index (χ2n) is 4.97. The molecule has 3 aromatic carbocycles. The topological polar surface area (TPSA) is 20.2 Å². The lowest BCUT2D eigenvalue weighted by atomic mass is 9.97. The molecule has 0 saturated heterocycles. The molecule has 0 aromatic heterocycles. The standard InChI is InChI=1S/C20H16O/c1-15(16-5-3-2-4-6-16)17-7-9-18(10-8-17)19-11-13-20(21)14-12-19/h2-14,21H,1H2. The van der Waals surface area contributed by atoms with Crippen molar-refractivity contribution in [1.29, 1.82) is 0 Å². The van der Waals surface area contributed by atoms with Crippen molar-refractivity contribution in [2.24, 2.45) is 0 Å². The van der Waals surface area contributed by atoms with Gasteiger partial charge in [0, 0.05) is 0 Å². The fraction of sp³-hybridized carbons (Fsp3) is 0. The van der Waals surface area contributed by atoms with Crippen LogP contribution in [0.1, 0.15) is 11.1 Å². The summed E-state index contributed by atoms with van der Waals surface area (Å²) in [6.07, 6.45) is 0. The van der Waals surface area contributed by atoms with Gasteiger partial charge in [0.15, 0.2) is 0 Å². The van der Waals surface area contributed by atoms with Gasteiger partial charge in [-0.15, -0.1) is 0 Å². The highest BCUT2D eigenvalue weighted by Crippen LogP contribution is 2.26. The van der Waals surface area contributed by atoms with Crippen LogP contribution < -0.4 is 0 Å². The molecule has 0 fully saturated rings. The highest BCUT2D eigenvalue weighted by atomic mass is 16.3. The summed E-state index contributed by atoms with van der Waals surface area (Å²) in [4.78, 5) is 0. The molecule has 0 aliphatic heterocycles. The molecular weight excluding hydrogens is 256 g/mol.